The van der Waals surface area contributed by atoms with Crippen LogP contribution >= 0.6 is 15.9 Å². The molecular formula is C11H14BrNO4. The number of nitrogens with two attached hydrogens (primary N) is 1. The lowest BCUT2D eigenvalue weighted by atomic mass is 10.0. The molecule has 0 amide bonds. The summed E-state index contributed by atoms with van der Waals surface area (Å²) in [5.74, 6) is -0.129. The molecule has 1 aromatic rings. The summed E-state index contributed by atoms with van der Waals surface area (Å²) in [5.41, 5.74) is 6.81. The molecule has 94 valence electrons. The zero-order chi connectivity index (χ0) is 13.2. The molecule has 0 spiro atoms. The van der Waals surface area contributed by atoms with Crippen molar-refractivity contribution in [1.82, 2.24) is 0 Å². The Labute approximate surface area is 108 Å². The maximum absolute atomic E-state index is 10.9. The summed E-state index contributed by atoms with van der Waals surface area (Å²) in [6.07, 6.45) is 0. The lowest BCUT2D eigenvalue weighted by Crippen LogP contribution is -2.22. The van der Waals surface area contributed by atoms with Crippen LogP contribution in [0.15, 0.2) is 10.5 Å². The second-order valence-corrected chi connectivity index (χ2v) is 4.25. The molecule has 0 heterocycles. The van der Waals surface area contributed by atoms with E-state index in [1.165, 1.54) is 14.2 Å². The standard InChI is InChI=1S/C11H14BrNO4/c1-5-6(9(13)11(14)15)4-7(16-2)10(17-3)8(5)12/h4,9H,13H2,1-3H3,(H,14,15). The van der Waals surface area contributed by atoms with Gasteiger partial charge in [-0.2, -0.15) is 0 Å². The number of benzene rings is 1. The van der Waals surface area contributed by atoms with E-state index >= 15 is 0 Å². The smallest absolute Gasteiger partial charge is 0.325 e. The van der Waals surface area contributed by atoms with Gasteiger partial charge >= 0.3 is 5.97 Å². The fourth-order valence-corrected chi connectivity index (χ4v) is 2.10. The minimum atomic E-state index is -1.09. The number of rotatable bonds is 4. The average molecular weight is 304 g/mol. The molecule has 17 heavy (non-hydrogen) atoms. The Kier molecular flexibility index (Phi) is 4.36. The third-order valence-corrected chi connectivity index (χ3v) is 3.45. The van der Waals surface area contributed by atoms with E-state index in [-0.39, 0.29) is 0 Å². The molecule has 0 saturated carbocycles. The van der Waals surface area contributed by atoms with Crippen LogP contribution in [0.5, 0.6) is 11.5 Å². The lowest BCUT2D eigenvalue weighted by Gasteiger charge is -2.17. The zero-order valence-electron chi connectivity index (χ0n) is 9.78. The summed E-state index contributed by atoms with van der Waals surface area (Å²) < 4.78 is 11.0. The highest BCUT2D eigenvalue weighted by atomic mass is 79.9. The number of carboxylic acids is 1. The van der Waals surface area contributed by atoms with Gasteiger partial charge in [0.15, 0.2) is 11.5 Å². The van der Waals surface area contributed by atoms with Gasteiger partial charge in [0.1, 0.15) is 6.04 Å². The molecule has 5 nitrogen and oxygen atoms in total. The molecule has 1 rings (SSSR count). The van der Waals surface area contributed by atoms with Crippen LogP contribution in [0, 0.1) is 6.92 Å². The summed E-state index contributed by atoms with van der Waals surface area (Å²) in [7, 11) is 2.99. The maximum Gasteiger partial charge on any atom is 0.325 e. The number of hydrogen-bond donors (Lipinski definition) is 2. The molecule has 0 bridgehead atoms. The third kappa shape index (κ3) is 2.53. The van der Waals surface area contributed by atoms with Crippen molar-refractivity contribution in [3.8, 4) is 11.5 Å². The van der Waals surface area contributed by atoms with E-state index in [1.807, 2.05) is 0 Å². The molecule has 0 aliphatic carbocycles. The number of carbonyl (C=O) groups is 1. The number of halogens is 1. The Balaban J connectivity index is 3.44. The first-order chi connectivity index (χ1) is 7.93. The molecule has 0 aromatic heterocycles. The monoisotopic (exact) mass is 303 g/mol. The van der Waals surface area contributed by atoms with Crippen molar-refractivity contribution >= 4 is 21.9 Å². The van der Waals surface area contributed by atoms with Gasteiger partial charge in [-0.15, -0.1) is 0 Å². The molecular weight excluding hydrogens is 290 g/mol. The van der Waals surface area contributed by atoms with Crippen molar-refractivity contribution < 1.29 is 19.4 Å². The van der Waals surface area contributed by atoms with Gasteiger partial charge in [-0.1, -0.05) is 0 Å². The average Bonchev–Trinajstić information content (AvgIpc) is 2.31. The van der Waals surface area contributed by atoms with Crippen molar-refractivity contribution in [2.45, 2.75) is 13.0 Å². The Hall–Kier alpha value is -1.27. The largest absolute Gasteiger partial charge is 0.493 e. The molecule has 1 atom stereocenters. The first-order valence-electron chi connectivity index (χ1n) is 4.83. The number of carboxylic acid groups (broad SMARTS) is 1. The predicted molar refractivity (Wildman–Crippen MR) is 66.5 cm³/mol. The molecule has 0 fully saturated rings. The summed E-state index contributed by atoms with van der Waals surface area (Å²) in [5, 5.41) is 8.93. The van der Waals surface area contributed by atoms with Gasteiger partial charge in [0, 0.05) is 0 Å². The maximum atomic E-state index is 10.9. The van der Waals surface area contributed by atoms with Gasteiger partial charge in [-0.3, -0.25) is 4.79 Å². The number of ether oxygens (including phenoxy) is 2. The topological polar surface area (TPSA) is 81.8 Å². The highest BCUT2D eigenvalue weighted by molar-refractivity contribution is 9.10. The second-order valence-electron chi connectivity index (χ2n) is 3.46. The Bertz CT molecular complexity index is 448. The normalized spacial score (nSPS) is 12.1. The van der Waals surface area contributed by atoms with E-state index in [9.17, 15) is 4.79 Å². The third-order valence-electron chi connectivity index (χ3n) is 2.50. The van der Waals surface area contributed by atoms with Gasteiger partial charge in [0.2, 0.25) is 0 Å². The molecule has 3 N–H and O–H groups in total. The van der Waals surface area contributed by atoms with E-state index in [0.717, 1.165) is 5.56 Å². The number of aliphatic carboxylic acids is 1. The quantitative estimate of drug-likeness (QED) is 0.887. The van der Waals surface area contributed by atoms with Gasteiger partial charge in [-0.05, 0) is 40.0 Å². The van der Waals surface area contributed by atoms with Crippen LogP contribution in [0.2, 0.25) is 0 Å². The molecule has 0 radical (unpaired) electrons. The van der Waals surface area contributed by atoms with Gasteiger partial charge in [0.05, 0.1) is 18.7 Å². The molecule has 1 aromatic carbocycles. The molecule has 6 heteroatoms. The first kappa shape index (κ1) is 13.8. The molecule has 1 unspecified atom stereocenters. The van der Waals surface area contributed by atoms with Crippen LogP contribution in [0.1, 0.15) is 17.2 Å². The van der Waals surface area contributed by atoms with Gasteiger partial charge in [0.25, 0.3) is 0 Å². The lowest BCUT2D eigenvalue weighted by molar-refractivity contribution is -0.138. The summed E-state index contributed by atoms with van der Waals surface area (Å²) in [4.78, 5) is 10.9. The van der Waals surface area contributed by atoms with Gasteiger partial charge < -0.3 is 20.3 Å². The second kappa shape index (κ2) is 5.37. The number of hydrogen-bond acceptors (Lipinski definition) is 4. The highest BCUT2D eigenvalue weighted by Crippen LogP contribution is 2.40. The Morgan fingerprint density at radius 3 is 2.47 bits per heavy atom. The number of methoxy groups -OCH3 is 2. The van der Waals surface area contributed by atoms with E-state index in [2.05, 4.69) is 15.9 Å². The van der Waals surface area contributed by atoms with Crippen molar-refractivity contribution in [2.75, 3.05) is 14.2 Å². The van der Waals surface area contributed by atoms with Crippen LogP contribution < -0.4 is 15.2 Å². The first-order valence-corrected chi connectivity index (χ1v) is 5.62. The minimum absolute atomic E-state index is 0.441. The van der Waals surface area contributed by atoms with Crippen molar-refractivity contribution in [1.29, 1.82) is 0 Å². The summed E-state index contributed by atoms with van der Waals surface area (Å²) in [6, 6.07) is 0.489. The van der Waals surface area contributed by atoms with Crippen LogP contribution in [0.3, 0.4) is 0 Å². The molecule has 0 aliphatic rings. The van der Waals surface area contributed by atoms with Gasteiger partial charge in [-0.25, -0.2) is 0 Å². The van der Waals surface area contributed by atoms with E-state index in [1.54, 1.807) is 13.0 Å². The van der Waals surface area contributed by atoms with Crippen LogP contribution in [-0.4, -0.2) is 25.3 Å². The van der Waals surface area contributed by atoms with Crippen molar-refractivity contribution in [2.24, 2.45) is 5.73 Å². The van der Waals surface area contributed by atoms with E-state index in [4.69, 9.17) is 20.3 Å². The Morgan fingerprint density at radius 1 is 1.47 bits per heavy atom. The van der Waals surface area contributed by atoms with Crippen molar-refractivity contribution in [3.05, 3.63) is 21.7 Å². The Morgan fingerprint density at radius 2 is 2.06 bits per heavy atom. The fourth-order valence-electron chi connectivity index (χ4n) is 1.52. The molecule has 0 saturated heterocycles. The van der Waals surface area contributed by atoms with Crippen LogP contribution in [-0.2, 0) is 4.79 Å². The van der Waals surface area contributed by atoms with Crippen molar-refractivity contribution in [3.63, 3.8) is 0 Å². The SMILES string of the molecule is COc1cc(C(N)C(=O)O)c(C)c(Br)c1OC. The van der Waals surface area contributed by atoms with E-state index in [0.29, 0.717) is 21.5 Å². The highest BCUT2D eigenvalue weighted by Gasteiger charge is 2.22. The van der Waals surface area contributed by atoms with E-state index < -0.39 is 12.0 Å². The van der Waals surface area contributed by atoms with Crippen LogP contribution in [0.4, 0.5) is 0 Å². The van der Waals surface area contributed by atoms with Crippen LogP contribution in [0.25, 0.3) is 0 Å². The fraction of sp³-hybridized carbons (Fsp3) is 0.364. The zero-order valence-corrected chi connectivity index (χ0v) is 11.4. The predicted octanol–water partition coefficient (Wildman–Crippen LogP) is 1.86. The minimum Gasteiger partial charge on any atom is -0.493 e. The summed E-state index contributed by atoms with van der Waals surface area (Å²) >= 11 is 3.35. The molecule has 0 aliphatic heterocycles. The summed E-state index contributed by atoms with van der Waals surface area (Å²) in [6.45, 7) is 1.77.